The van der Waals surface area contributed by atoms with Gasteiger partial charge in [0, 0.05) is 54.8 Å². The number of para-hydroxylation sites is 1. The summed E-state index contributed by atoms with van der Waals surface area (Å²) in [5.41, 5.74) is -0.705. The van der Waals surface area contributed by atoms with Gasteiger partial charge in [-0.3, -0.25) is 19.7 Å². The lowest BCUT2D eigenvalue weighted by atomic mass is 9.51. The second-order valence-electron chi connectivity index (χ2n) is 14.0. The molecule has 5 rings (SSSR count). The van der Waals surface area contributed by atoms with E-state index in [1.807, 2.05) is 0 Å². The van der Waals surface area contributed by atoms with Gasteiger partial charge in [-0.1, -0.05) is 78.9 Å². The molecule has 2 fully saturated rings. The zero-order chi connectivity index (χ0) is 35.2. The van der Waals surface area contributed by atoms with Crippen LogP contribution in [0.25, 0.3) is 0 Å². The van der Waals surface area contributed by atoms with E-state index in [1.165, 1.54) is 36.2 Å². The van der Waals surface area contributed by atoms with Crippen molar-refractivity contribution in [3.05, 3.63) is 112 Å². The van der Waals surface area contributed by atoms with Gasteiger partial charge in [0.1, 0.15) is 0 Å². The van der Waals surface area contributed by atoms with Crippen molar-refractivity contribution in [2.45, 2.75) is 76.3 Å². The minimum Gasteiger partial charge on any atom is -0.481 e. The molecule has 0 radical (unpaired) electrons. The maximum Gasteiger partial charge on any atom is 0.311 e. The van der Waals surface area contributed by atoms with Gasteiger partial charge in [0.2, 0.25) is 0 Å². The highest BCUT2D eigenvalue weighted by Gasteiger charge is 2.65. The molecule has 0 aliphatic carbocycles. The second kappa shape index (κ2) is 15.2. The van der Waals surface area contributed by atoms with Crippen molar-refractivity contribution in [2.24, 2.45) is 10.8 Å². The Hall–Kier alpha value is -4.12. The summed E-state index contributed by atoms with van der Waals surface area (Å²) in [5, 5.41) is 36.7. The van der Waals surface area contributed by atoms with E-state index in [4.69, 9.17) is 4.74 Å². The number of nitro benzene ring substituents is 1. The molecule has 2 saturated heterocycles. The number of carboxylic acids is 2. The fourth-order valence-corrected chi connectivity index (χ4v) is 8.69. The topological polar surface area (TPSA) is 142 Å². The van der Waals surface area contributed by atoms with Crippen molar-refractivity contribution in [1.82, 2.24) is 10.2 Å². The van der Waals surface area contributed by atoms with Gasteiger partial charge in [-0.25, -0.2) is 0 Å². The molecule has 5 atom stereocenters. The van der Waals surface area contributed by atoms with Crippen LogP contribution in [0.3, 0.4) is 0 Å². The molecular weight excluding hydrogens is 622 g/mol. The first-order valence-electron chi connectivity index (χ1n) is 17.4. The van der Waals surface area contributed by atoms with Crippen LogP contribution in [0, 0.1) is 20.9 Å². The van der Waals surface area contributed by atoms with E-state index in [0.29, 0.717) is 19.6 Å². The standard InChI is InChI=1S/C39H49N3O7/c1-28-37(3,35(43)44)34(32-18-10-11-19-33(32)42(47)48)39(36(45)46,29(2)40-28)20-12-26-49-27-13-23-41-24-21-38(22-25-41,30-14-6-4-7-15-30)31-16-8-5-9-17-31/h4-11,14-19,28-29,34,40H,12-13,20-27H2,1-3H3,(H,43,44)(H,45,46)/t28?,29?,34-,37?,39?/m1/s1. The molecule has 2 aliphatic heterocycles. The molecule has 0 spiro atoms. The fourth-order valence-electron chi connectivity index (χ4n) is 8.69. The summed E-state index contributed by atoms with van der Waals surface area (Å²) >= 11 is 0. The summed E-state index contributed by atoms with van der Waals surface area (Å²) in [5.74, 6) is -3.55. The Bertz CT molecular complexity index is 1550. The third-order valence-electron chi connectivity index (χ3n) is 11.6. The number of piperidine rings is 2. The lowest BCUT2D eigenvalue weighted by Crippen LogP contribution is -2.68. The normalized spacial score (nSPS) is 27.0. The van der Waals surface area contributed by atoms with Crippen molar-refractivity contribution >= 4 is 17.6 Å². The van der Waals surface area contributed by atoms with Crippen LogP contribution in [0.2, 0.25) is 0 Å². The van der Waals surface area contributed by atoms with Crippen LogP contribution in [0.15, 0.2) is 84.9 Å². The second-order valence-corrected chi connectivity index (χ2v) is 14.0. The van der Waals surface area contributed by atoms with E-state index in [0.717, 1.165) is 38.9 Å². The molecule has 3 N–H and O–H groups in total. The average molecular weight is 672 g/mol. The van der Waals surface area contributed by atoms with Gasteiger partial charge in [-0.05, 0) is 77.1 Å². The lowest BCUT2D eigenvalue weighted by molar-refractivity contribution is -0.386. The minimum absolute atomic E-state index is 0.00667. The van der Waals surface area contributed by atoms with Crippen LogP contribution in [-0.2, 0) is 19.7 Å². The minimum atomic E-state index is -1.63. The van der Waals surface area contributed by atoms with Gasteiger partial charge in [0.05, 0.1) is 15.8 Å². The number of nitro groups is 1. The van der Waals surface area contributed by atoms with E-state index in [2.05, 4.69) is 70.9 Å². The number of ether oxygens (including phenoxy) is 1. The number of benzene rings is 3. The molecule has 49 heavy (non-hydrogen) atoms. The van der Waals surface area contributed by atoms with E-state index in [1.54, 1.807) is 19.9 Å². The zero-order valence-corrected chi connectivity index (χ0v) is 28.7. The summed E-state index contributed by atoms with van der Waals surface area (Å²) in [4.78, 5) is 40.2. The van der Waals surface area contributed by atoms with Crippen LogP contribution < -0.4 is 5.32 Å². The van der Waals surface area contributed by atoms with Crippen LogP contribution in [0.5, 0.6) is 0 Å². The van der Waals surface area contributed by atoms with Crippen molar-refractivity contribution < 1.29 is 29.5 Å². The molecule has 0 saturated carbocycles. The number of aliphatic carboxylic acids is 2. The van der Waals surface area contributed by atoms with Crippen LogP contribution in [0.4, 0.5) is 5.69 Å². The Morgan fingerprint density at radius 3 is 1.96 bits per heavy atom. The number of hydrogen-bond acceptors (Lipinski definition) is 7. The smallest absolute Gasteiger partial charge is 0.311 e. The first-order chi connectivity index (χ1) is 23.5. The molecule has 4 unspecified atom stereocenters. The van der Waals surface area contributed by atoms with Crippen molar-refractivity contribution in [3.63, 3.8) is 0 Å². The number of carbonyl (C=O) groups is 2. The predicted molar refractivity (Wildman–Crippen MR) is 188 cm³/mol. The maximum atomic E-state index is 13.3. The first-order valence-corrected chi connectivity index (χ1v) is 17.4. The third-order valence-corrected chi connectivity index (χ3v) is 11.6. The van der Waals surface area contributed by atoms with E-state index in [9.17, 15) is 29.9 Å². The van der Waals surface area contributed by atoms with Gasteiger partial charge >= 0.3 is 11.9 Å². The van der Waals surface area contributed by atoms with Gasteiger partial charge in [-0.2, -0.15) is 0 Å². The Morgan fingerprint density at radius 1 is 0.857 bits per heavy atom. The first kappa shape index (κ1) is 36.2. The molecule has 0 amide bonds. The highest BCUT2D eigenvalue weighted by molar-refractivity contribution is 5.84. The summed E-state index contributed by atoms with van der Waals surface area (Å²) < 4.78 is 6.01. The molecule has 10 nitrogen and oxygen atoms in total. The van der Waals surface area contributed by atoms with Crippen molar-refractivity contribution in [1.29, 1.82) is 0 Å². The Morgan fingerprint density at radius 2 is 1.41 bits per heavy atom. The largest absolute Gasteiger partial charge is 0.481 e. The maximum absolute atomic E-state index is 13.3. The van der Waals surface area contributed by atoms with E-state index < -0.39 is 45.7 Å². The number of rotatable bonds is 14. The molecule has 3 aromatic carbocycles. The van der Waals surface area contributed by atoms with Gasteiger partial charge in [0.15, 0.2) is 0 Å². The van der Waals surface area contributed by atoms with Crippen molar-refractivity contribution in [3.8, 4) is 0 Å². The summed E-state index contributed by atoms with van der Waals surface area (Å²) in [6.45, 7) is 8.60. The number of nitrogens with zero attached hydrogens (tertiary/aromatic N) is 2. The fraction of sp³-hybridized carbons (Fsp3) is 0.487. The molecule has 0 bridgehead atoms. The van der Waals surface area contributed by atoms with Gasteiger partial charge in [0.25, 0.3) is 5.69 Å². The molecular formula is C39H49N3O7. The van der Waals surface area contributed by atoms with Crippen LogP contribution in [-0.4, -0.2) is 76.9 Å². The highest BCUT2D eigenvalue weighted by atomic mass is 16.6. The highest BCUT2D eigenvalue weighted by Crippen LogP contribution is 2.58. The molecule has 3 aromatic rings. The van der Waals surface area contributed by atoms with E-state index in [-0.39, 0.29) is 23.1 Å². The Balaban J connectivity index is 1.21. The van der Waals surface area contributed by atoms with Crippen LogP contribution >= 0.6 is 0 Å². The SMILES string of the molecule is CC1NC(C)C(CCCOCCCN2CCC(c3ccccc3)(c3ccccc3)CC2)(C(=O)O)[C@H](c2ccccc2[N+](=O)[O-])C1(C)C(=O)O. The quantitative estimate of drug-likeness (QED) is 0.0996. The number of nitrogens with one attached hydrogen (secondary N) is 1. The third kappa shape index (κ3) is 6.87. The average Bonchev–Trinajstić information content (AvgIpc) is 3.10. The Kier molecular flexibility index (Phi) is 11.2. The molecule has 262 valence electrons. The predicted octanol–water partition coefficient (Wildman–Crippen LogP) is 6.49. The van der Waals surface area contributed by atoms with Crippen LogP contribution in [0.1, 0.15) is 75.5 Å². The van der Waals surface area contributed by atoms with E-state index >= 15 is 0 Å². The van der Waals surface area contributed by atoms with Gasteiger partial charge < -0.3 is 25.2 Å². The van der Waals surface area contributed by atoms with Gasteiger partial charge in [-0.15, -0.1) is 0 Å². The molecule has 0 aromatic heterocycles. The Labute approximate surface area is 288 Å². The monoisotopic (exact) mass is 671 g/mol. The summed E-state index contributed by atoms with van der Waals surface area (Å²) in [6, 6.07) is 26.2. The molecule has 10 heteroatoms. The summed E-state index contributed by atoms with van der Waals surface area (Å²) in [6.07, 6.45) is 3.34. The number of likely N-dealkylation sites (tertiary alicyclic amines) is 1. The molecule has 2 heterocycles. The molecule has 2 aliphatic rings. The number of hydrogen-bond donors (Lipinski definition) is 3. The summed E-state index contributed by atoms with van der Waals surface area (Å²) in [7, 11) is 0. The lowest BCUT2D eigenvalue weighted by Gasteiger charge is -2.56. The number of carboxylic acid groups (broad SMARTS) is 2. The zero-order valence-electron chi connectivity index (χ0n) is 28.7. The van der Waals surface area contributed by atoms with Crippen molar-refractivity contribution in [2.75, 3.05) is 32.8 Å².